The molecule has 0 saturated carbocycles. The van der Waals surface area contributed by atoms with Crippen LogP contribution in [0.15, 0.2) is 22.1 Å². The van der Waals surface area contributed by atoms with Crippen LogP contribution in [-0.4, -0.2) is 41.4 Å². The van der Waals surface area contributed by atoms with Crippen molar-refractivity contribution in [1.82, 2.24) is 9.55 Å². The van der Waals surface area contributed by atoms with Crippen LogP contribution in [0.3, 0.4) is 0 Å². The Morgan fingerprint density at radius 1 is 1.39 bits per heavy atom. The standard InChI is InChI=1S/C21H27N5O5/c1-3-4-5-6-29-21(28)30-10-13-7-12(2)20(31-13)26-9-14-15(22)8-16(27)25-18-17(14)19(26)24-11-23-18/h8-9,11-13,20H,3-7,10,22H2,1-2H3,(H,23,24,25,27). The summed E-state index contributed by atoms with van der Waals surface area (Å²) < 4.78 is 18.4. The van der Waals surface area contributed by atoms with E-state index in [2.05, 4.69) is 29.1 Å². The summed E-state index contributed by atoms with van der Waals surface area (Å²) in [7, 11) is 0. The molecule has 2 aromatic heterocycles. The lowest BCUT2D eigenvalue weighted by Crippen LogP contribution is -2.20. The molecule has 4 heterocycles. The first-order valence-electron chi connectivity index (χ1n) is 10.6. The predicted molar refractivity (Wildman–Crippen MR) is 117 cm³/mol. The number of hydrogen-bond acceptors (Lipinski definition) is 9. The molecule has 1 saturated heterocycles. The molecule has 0 aromatic carbocycles. The van der Waals surface area contributed by atoms with Crippen LogP contribution < -0.4 is 16.6 Å². The number of nitrogens with one attached hydrogen (secondary N) is 1. The topological polar surface area (TPSA) is 130 Å². The summed E-state index contributed by atoms with van der Waals surface area (Å²) in [6.45, 7) is 4.64. The van der Waals surface area contributed by atoms with Gasteiger partial charge in [0, 0.05) is 29.3 Å². The second-order valence-electron chi connectivity index (χ2n) is 7.93. The maximum absolute atomic E-state index is 11.9. The molecule has 31 heavy (non-hydrogen) atoms. The van der Waals surface area contributed by atoms with Crippen LogP contribution in [-0.2, 0) is 14.2 Å². The number of anilines is 2. The van der Waals surface area contributed by atoms with E-state index in [1.165, 1.54) is 12.4 Å². The van der Waals surface area contributed by atoms with Gasteiger partial charge in [-0.1, -0.05) is 26.7 Å². The van der Waals surface area contributed by atoms with Gasteiger partial charge in [-0.15, -0.1) is 0 Å². The quantitative estimate of drug-likeness (QED) is 0.506. The van der Waals surface area contributed by atoms with E-state index >= 15 is 0 Å². The SMILES string of the molecule is CCCCCOC(=O)OCC1CC(C)C(n2cc3c(N)cc(=O)nc4c3c2N=CN4)O1. The smallest absolute Gasteiger partial charge is 0.434 e. The molecule has 3 atom stereocenters. The first kappa shape index (κ1) is 21.1. The third-order valence-electron chi connectivity index (χ3n) is 5.52. The molecule has 10 nitrogen and oxygen atoms in total. The number of carbonyl (C=O) groups excluding carboxylic acids is 1. The van der Waals surface area contributed by atoms with Crippen LogP contribution in [0.1, 0.15) is 45.8 Å². The highest BCUT2D eigenvalue weighted by Gasteiger charge is 2.36. The highest BCUT2D eigenvalue weighted by molar-refractivity contribution is 6.10. The van der Waals surface area contributed by atoms with E-state index in [0.717, 1.165) is 19.3 Å². The van der Waals surface area contributed by atoms with Gasteiger partial charge in [-0.25, -0.2) is 9.79 Å². The summed E-state index contributed by atoms with van der Waals surface area (Å²) in [4.78, 5) is 32.2. The lowest BCUT2D eigenvalue weighted by atomic mass is 10.1. The molecule has 0 radical (unpaired) electrons. The molecular formula is C21H27N5O5. The van der Waals surface area contributed by atoms with Crippen molar-refractivity contribution in [3.63, 3.8) is 0 Å². The Labute approximate surface area is 179 Å². The summed E-state index contributed by atoms with van der Waals surface area (Å²) in [6.07, 6.45) is 5.69. The minimum atomic E-state index is -0.669. The number of carbonyl (C=O) groups is 1. The van der Waals surface area contributed by atoms with Crippen LogP contribution in [0, 0.1) is 5.92 Å². The maximum atomic E-state index is 11.9. The number of aliphatic imine (C=N–C) groups is 1. The average Bonchev–Trinajstić information content (AvgIpc) is 3.27. The summed E-state index contributed by atoms with van der Waals surface area (Å²) in [6, 6.07) is 1.30. The number of nitrogens with two attached hydrogens (primary N) is 1. The molecule has 3 N–H and O–H groups in total. The fourth-order valence-electron chi connectivity index (χ4n) is 4.04. The van der Waals surface area contributed by atoms with Gasteiger partial charge in [0.05, 0.1) is 24.4 Å². The van der Waals surface area contributed by atoms with E-state index in [-0.39, 0.29) is 24.9 Å². The van der Waals surface area contributed by atoms with E-state index < -0.39 is 11.7 Å². The number of nitrogen functional groups attached to an aromatic ring is 1. The average molecular weight is 429 g/mol. The summed E-state index contributed by atoms with van der Waals surface area (Å²) in [5.41, 5.74) is 6.03. The van der Waals surface area contributed by atoms with Crippen LogP contribution in [0.25, 0.3) is 10.8 Å². The van der Waals surface area contributed by atoms with Crippen LogP contribution in [0.4, 0.5) is 22.1 Å². The maximum Gasteiger partial charge on any atom is 0.508 e. The lowest BCUT2D eigenvalue weighted by molar-refractivity contribution is -0.0435. The second-order valence-corrected chi connectivity index (χ2v) is 7.93. The van der Waals surface area contributed by atoms with E-state index in [0.29, 0.717) is 41.1 Å². The highest BCUT2D eigenvalue weighted by Crippen LogP contribution is 2.43. The third-order valence-corrected chi connectivity index (χ3v) is 5.52. The van der Waals surface area contributed by atoms with Gasteiger partial charge >= 0.3 is 6.16 Å². The minimum Gasteiger partial charge on any atom is -0.434 e. The van der Waals surface area contributed by atoms with Gasteiger partial charge in [0.2, 0.25) is 0 Å². The number of rotatable bonds is 7. The number of aromatic nitrogens is 2. The summed E-state index contributed by atoms with van der Waals surface area (Å²) >= 11 is 0. The Balaban J connectivity index is 1.49. The van der Waals surface area contributed by atoms with Gasteiger partial charge in [0.15, 0.2) is 0 Å². The second kappa shape index (κ2) is 8.93. The molecular weight excluding hydrogens is 402 g/mol. The molecule has 2 aromatic rings. The van der Waals surface area contributed by atoms with Gasteiger partial charge in [-0.3, -0.25) is 4.79 Å². The Kier molecular flexibility index (Phi) is 6.08. The Hall–Kier alpha value is -3.14. The molecule has 0 bridgehead atoms. The highest BCUT2D eigenvalue weighted by atomic mass is 16.7. The largest absolute Gasteiger partial charge is 0.508 e. The van der Waals surface area contributed by atoms with Crippen molar-refractivity contribution in [3.8, 4) is 0 Å². The molecule has 166 valence electrons. The zero-order valence-electron chi connectivity index (χ0n) is 17.7. The van der Waals surface area contributed by atoms with Gasteiger partial charge in [0.1, 0.15) is 24.5 Å². The molecule has 0 spiro atoms. The molecule has 0 aliphatic carbocycles. The van der Waals surface area contributed by atoms with E-state index in [1.54, 1.807) is 0 Å². The van der Waals surface area contributed by atoms with Crippen LogP contribution >= 0.6 is 0 Å². The van der Waals surface area contributed by atoms with Gasteiger partial charge in [-0.05, 0) is 12.8 Å². The Morgan fingerprint density at radius 3 is 3.03 bits per heavy atom. The van der Waals surface area contributed by atoms with Gasteiger partial charge in [0.25, 0.3) is 5.56 Å². The fraction of sp³-hybridized carbons (Fsp3) is 0.524. The number of nitrogens with zero attached hydrogens (tertiary/aromatic N) is 3. The first-order chi connectivity index (χ1) is 15.0. The normalized spacial score (nSPS) is 21.8. The minimum absolute atomic E-state index is 0.123. The van der Waals surface area contributed by atoms with Crippen molar-refractivity contribution in [2.24, 2.45) is 10.9 Å². The number of hydrogen-bond donors (Lipinski definition) is 2. The van der Waals surface area contributed by atoms with Crippen molar-refractivity contribution in [2.75, 3.05) is 24.3 Å². The van der Waals surface area contributed by atoms with E-state index in [1.807, 2.05) is 10.8 Å². The van der Waals surface area contributed by atoms with Gasteiger partial charge in [-0.2, -0.15) is 4.98 Å². The van der Waals surface area contributed by atoms with E-state index in [9.17, 15) is 9.59 Å². The molecule has 0 amide bonds. The zero-order valence-corrected chi connectivity index (χ0v) is 17.7. The Morgan fingerprint density at radius 2 is 2.23 bits per heavy atom. The van der Waals surface area contributed by atoms with Crippen molar-refractivity contribution in [3.05, 3.63) is 22.6 Å². The predicted octanol–water partition coefficient (Wildman–Crippen LogP) is 3.33. The fourth-order valence-corrected chi connectivity index (χ4v) is 4.04. The Bertz CT molecular complexity index is 1070. The first-order valence-corrected chi connectivity index (χ1v) is 10.6. The molecule has 10 heteroatoms. The summed E-state index contributed by atoms with van der Waals surface area (Å²) in [5.74, 6) is 1.17. The zero-order chi connectivity index (χ0) is 22.0. The van der Waals surface area contributed by atoms with Crippen molar-refractivity contribution in [1.29, 1.82) is 0 Å². The monoisotopic (exact) mass is 429 g/mol. The third kappa shape index (κ3) is 4.34. The number of ether oxygens (including phenoxy) is 3. The van der Waals surface area contributed by atoms with Crippen molar-refractivity contribution < 1.29 is 19.0 Å². The number of unbranched alkanes of at least 4 members (excludes halogenated alkanes) is 2. The van der Waals surface area contributed by atoms with Crippen LogP contribution in [0.5, 0.6) is 0 Å². The molecule has 2 aliphatic heterocycles. The molecule has 2 aliphatic rings. The summed E-state index contributed by atoms with van der Waals surface area (Å²) in [5, 5.41) is 4.26. The van der Waals surface area contributed by atoms with Gasteiger partial charge < -0.3 is 29.8 Å². The van der Waals surface area contributed by atoms with Crippen molar-refractivity contribution in [2.45, 2.75) is 51.9 Å². The molecule has 1 fully saturated rings. The van der Waals surface area contributed by atoms with Crippen LogP contribution in [0.2, 0.25) is 0 Å². The lowest BCUT2D eigenvalue weighted by Gasteiger charge is -2.20. The molecule has 3 unspecified atom stereocenters. The van der Waals surface area contributed by atoms with E-state index in [4.69, 9.17) is 19.9 Å². The molecule has 4 rings (SSSR count). The van der Waals surface area contributed by atoms with Crippen molar-refractivity contribution >= 4 is 40.6 Å².